The molecule has 0 N–H and O–H groups in total. The van der Waals surface area contributed by atoms with Crippen molar-refractivity contribution >= 4 is 11.4 Å². The molecule has 0 saturated heterocycles. The highest BCUT2D eigenvalue weighted by atomic mass is 16.6. The number of nitrogens with zero attached hydrogens (tertiary/aromatic N) is 3. The lowest BCUT2D eigenvalue weighted by Gasteiger charge is -2.03. The van der Waals surface area contributed by atoms with E-state index in [0.717, 1.165) is 0 Å². The van der Waals surface area contributed by atoms with Crippen LogP contribution in [-0.4, -0.2) is 9.85 Å². The van der Waals surface area contributed by atoms with Crippen LogP contribution >= 0.6 is 0 Å². The van der Waals surface area contributed by atoms with E-state index < -0.39 is 15.9 Å². The Morgan fingerprint density at radius 1 is 0.857 bits per heavy atom. The number of hydrogen-bond donors (Lipinski definition) is 0. The molecule has 0 amide bonds. The average molecular weight is 285 g/mol. The van der Waals surface area contributed by atoms with E-state index in [4.69, 9.17) is 0 Å². The van der Waals surface area contributed by atoms with Crippen molar-refractivity contribution in [3.05, 3.63) is 72.7 Å². The van der Waals surface area contributed by atoms with E-state index in [1.165, 1.54) is 36.4 Å². The molecule has 0 heterocycles. The van der Waals surface area contributed by atoms with Gasteiger partial charge in [0.05, 0.1) is 9.85 Å². The molecule has 0 aromatic heterocycles. The molecular weight excluding hydrogens is 278 g/mol. The standard InChI is InChI=1S/C13H7N3O5/c17-14-13-11-5-7(15(18)19)1-3-9(11)10-4-2-8(16(20)21)6-12(10)13/h1-6,13H. The van der Waals surface area contributed by atoms with Crippen molar-refractivity contribution in [3.8, 4) is 11.1 Å². The number of fused-ring (bicyclic) bond motifs is 3. The lowest BCUT2D eigenvalue weighted by Crippen LogP contribution is -1.95. The Bertz CT molecular complexity index is 739. The maximum absolute atomic E-state index is 11.1. The first kappa shape index (κ1) is 12.9. The Morgan fingerprint density at radius 3 is 1.62 bits per heavy atom. The molecule has 0 spiro atoms. The number of nitro benzene ring substituents is 2. The Morgan fingerprint density at radius 2 is 1.29 bits per heavy atom. The van der Waals surface area contributed by atoms with Crippen molar-refractivity contribution < 1.29 is 9.85 Å². The first-order valence-corrected chi connectivity index (χ1v) is 5.92. The summed E-state index contributed by atoms with van der Waals surface area (Å²) in [7, 11) is 0. The molecule has 0 atom stereocenters. The number of benzene rings is 2. The Hall–Kier alpha value is -3.16. The van der Waals surface area contributed by atoms with E-state index in [2.05, 4.69) is 5.18 Å². The zero-order chi connectivity index (χ0) is 15.1. The fourth-order valence-corrected chi connectivity index (χ4v) is 2.55. The third kappa shape index (κ3) is 1.84. The van der Waals surface area contributed by atoms with Gasteiger partial charge in [0, 0.05) is 24.3 Å². The van der Waals surface area contributed by atoms with Crippen LogP contribution in [-0.2, 0) is 0 Å². The van der Waals surface area contributed by atoms with Crippen LogP contribution in [0.5, 0.6) is 0 Å². The molecule has 0 bridgehead atoms. The molecule has 21 heavy (non-hydrogen) atoms. The third-order valence-electron chi connectivity index (χ3n) is 3.48. The van der Waals surface area contributed by atoms with Crippen LogP contribution in [0, 0.1) is 25.1 Å². The smallest absolute Gasteiger partial charge is 0.258 e. The molecule has 8 heteroatoms. The molecule has 104 valence electrons. The van der Waals surface area contributed by atoms with E-state index in [-0.39, 0.29) is 11.4 Å². The number of non-ortho nitro benzene ring substituents is 2. The SMILES string of the molecule is O=NC1c2cc([N+](=O)[O-])ccc2-c2ccc([N+](=O)[O-])cc21. The zero-order valence-electron chi connectivity index (χ0n) is 10.4. The highest BCUT2D eigenvalue weighted by Crippen LogP contribution is 2.47. The van der Waals surface area contributed by atoms with Crippen LogP contribution in [0.1, 0.15) is 17.2 Å². The highest BCUT2D eigenvalue weighted by molar-refractivity contribution is 5.80. The van der Waals surface area contributed by atoms with Crippen molar-refractivity contribution in [2.24, 2.45) is 5.18 Å². The van der Waals surface area contributed by atoms with E-state index >= 15 is 0 Å². The Labute approximate surface area is 117 Å². The quantitative estimate of drug-likeness (QED) is 0.487. The van der Waals surface area contributed by atoms with Gasteiger partial charge in [-0.05, 0) is 34.4 Å². The second-order valence-corrected chi connectivity index (χ2v) is 4.57. The van der Waals surface area contributed by atoms with Crippen LogP contribution < -0.4 is 0 Å². The Kier molecular flexibility index (Phi) is 2.72. The van der Waals surface area contributed by atoms with Crippen LogP contribution in [0.2, 0.25) is 0 Å². The van der Waals surface area contributed by atoms with Crippen molar-refractivity contribution in [2.75, 3.05) is 0 Å². The van der Waals surface area contributed by atoms with E-state index in [1.54, 1.807) is 0 Å². The van der Waals surface area contributed by atoms with Gasteiger partial charge in [-0.15, -0.1) is 4.91 Å². The topological polar surface area (TPSA) is 116 Å². The van der Waals surface area contributed by atoms with E-state index in [9.17, 15) is 25.1 Å². The predicted octanol–water partition coefficient (Wildman–Crippen LogP) is 3.34. The zero-order valence-corrected chi connectivity index (χ0v) is 10.4. The molecule has 1 aliphatic carbocycles. The third-order valence-corrected chi connectivity index (χ3v) is 3.48. The molecule has 3 rings (SSSR count). The highest BCUT2D eigenvalue weighted by Gasteiger charge is 2.32. The summed E-state index contributed by atoms with van der Waals surface area (Å²) in [6.07, 6.45) is 0. The molecule has 0 aliphatic heterocycles. The van der Waals surface area contributed by atoms with Crippen LogP contribution in [0.25, 0.3) is 11.1 Å². The van der Waals surface area contributed by atoms with Gasteiger partial charge in [0.25, 0.3) is 11.4 Å². The lowest BCUT2D eigenvalue weighted by molar-refractivity contribution is -0.385. The maximum Gasteiger partial charge on any atom is 0.269 e. The second-order valence-electron chi connectivity index (χ2n) is 4.57. The normalized spacial score (nSPS) is 12.6. The Balaban J connectivity index is 2.23. The number of hydrogen-bond acceptors (Lipinski definition) is 6. The van der Waals surface area contributed by atoms with Crippen molar-refractivity contribution in [1.82, 2.24) is 0 Å². The van der Waals surface area contributed by atoms with E-state index in [0.29, 0.717) is 22.3 Å². The van der Waals surface area contributed by atoms with E-state index in [1.807, 2.05) is 0 Å². The van der Waals surface area contributed by atoms with Gasteiger partial charge >= 0.3 is 0 Å². The summed E-state index contributed by atoms with van der Waals surface area (Å²) in [6, 6.07) is 7.33. The van der Waals surface area contributed by atoms with Crippen LogP contribution in [0.3, 0.4) is 0 Å². The molecule has 8 nitrogen and oxygen atoms in total. The number of nitroso groups, excluding NO2 is 1. The monoisotopic (exact) mass is 285 g/mol. The van der Waals surface area contributed by atoms with Crippen LogP contribution in [0.15, 0.2) is 41.6 Å². The van der Waals surface area contributed by atoms with Gasteiger partial charge in [0.1, 0.15) is 6.04 Å². The molecule has 0 unspecified atom stereocenters. The molecule has 2 aromatic carbocycles. The number of rotatable bonds is 3. The van der Waals surface area contributed by atoms with Gasteiger partial charge in [-0.2, -0.15) is 0 Å². The minimum absolute atomic E-state index is 0.148. The van der Waals surface area contributed by atoms with Gasteiger partial charge in [0.15, 0.2) is 0 Å². The molecular formula is C13H7N3O5. The predicted molar refractivity (Wildman–Crippen MR) is 72.8 cm³/mol. The molecule has 0 fully saturated rings. The fraction of sp³-hybridized carbons (Fsp3) is 0.0769. The number of nitro groups is 2. The van der Waals surface area contributed by atoms with Gasteiger partial charge < -0.3 is 0 Å². The maximum atomic E-state index is 11.1. The van der Waals surface area contributed by atoms with Gasteiger partial charge in [-0.1, -0.05) is 5.18 Å². The van der Waals surface area contributed by atoms with Crippen molar-refractivity contribution in [1.29, 1.82) is 0 Å². The fourth-order valence-electron chi connectivity index (χ4n) is 2.55. The molecule has 1 aliphatic rings. The second kappa shape index (κ2) is 4.44. The first-order valence-electron chi connectivity index (χ1n) is 5.92. The molecule has 2 aromatic rings. The summed E-state index contributed by atoms with van der Waals surface area (Å²) in [5.74, 6) is 0. The summed E-state index contributed by atoms with van der Waals surface area (Å²) in [5, 5.41) is 24.6. The average Bonchev–Trinajstić information content (AvgIpc) is 2.78. The van der Waals surface area contributed by atoms with Gasteiger partial charge in [-0.3, -0.25) is 20.2 Å². The summed E-state index contributed by atoms with van der Waals surface area (Å²) in [4.78, 5) is 31.6. The lowest BCUT2D eigenvalue weighted by atomic mass is 10.1. The largest absolute Gasteiger partial charge is 0.269 e. The summed E-state index contributed by atoms with van der Waals surface area (Å²) in [6.45, 7) is 0. The van der Waals surface area contributed by atoms with Crippen molar-refractivity contribution in [3.63, 3.8) is 0 Å². The summed E-state index contributed by atoms with van der Waals surface area (Å²) >= 11 is 0. The molecule has 0 saturated carbocycles. The van der Waals surface area contributed by atoms with Gasteiger partial charge in [0.2, 0.25) is 0 Å². The minimum atomic E-state index is -0.963. The first-order chi connectivity index (χ1) is 10.0. The van der Waals surface area contributed by atoms with Crippen molar-refractivity contribution in [2.45, 2.75) is 6.04 Å². The summed E-state index contributed by atoms with van der Waals surface area (Å²) < 4.78 is 0. The molecule has 0 radical (unpaired) electrons. The summed E-state index contributed by atoms with van der Waals surface area (Å²) in [5.41, 5.74) is 1.77. The van der Waals surface area contributed by atoms with Crippen LogP contribution in [0.4, 0.5) is 11.4 Å². The van der Waals surface area contributed by atoms with Gasteiger partial charge in [-0.25, -0.2) is 0 Å². The minimum Gasteiger partial charge on any atom is -0.258 e.